The predicted octanol–water partition coefficient (Wildman–Crippen LogP) is 4.65. The van der Waals surface area contributed by atoms with Gasteiger partial charge in [-0.25, -0.2) is 0 Å². The van der Waals surface area contributed by atoms with E-state index in [1.165, 1.54) is 51.4 Å². The van der Waals surface area contributed by atoms with Gasteiger partial charge in [0.05, 0.1) is 12.2 Å². The van der Waals surface area contributed by atoms with Crippen LogP contribution in [0.25, 0.3) is 0 Å². The van der Waals surface area contributed by atoms with Crippen molar-refractivity contribution in [2.24, 2.45) is 5.92 Å². The zero-order valence-electron chi connectivity index (χ0n) is 14.2. The van der Waals surface area contributed by atoms with Crippen LogP contribution in [-0.4, -0.2) is 34.0 Å². The van der Waals surface area contributed by atoms with Crippen molar-refractivity contribution in [1.82, 2.24) is 0 Å². The van der Waals surface area contributed by atoms with E-state index >= 15 is 0 Å². The van der Waals surface area contributed by atoms with Crippen LogP contribution >= 0.6 is 0 Å². The highest BCUT2D eigenvalue weighted by atomic mass is 28.4. The first-order valence-corrected chi connectivity index (χ1v) is 11.6. The third kappa shape index (κ3) is 6.01. The lowest BCUT2D eigenvalue weighted by Crippen LogP contribution is -2.38. The average Bonchev–Trinajstić information content (AvgIpc) is 3.21. The molecule has 124 valence electrons. The van der Waals surface area contributed by atoms with E-state index in [4.69, 9.17) is 13.6 Å². The molecule has 0 amide bonds. The second kappa shape index (κ2) is 8.66. The molecule has 4 heteroatoms. The van der Waals surface area contributed by atoms with Crippen molar-refractivity contribution in [3.63, 3.8) is 0 Å². The molecule has 0 aromatic rings. The molecular weight excluding hydrogens is 280 g/mol. The lowest BCUT2D eigenvalue weighted by Gasteiger charge is -2.26. The van der Waals surface area contributed by atoms with E-state index in [0.29, 0.717) is 12.2 Å². The highest BCUT2D eigenvalue weighted by Crippen LogP contribution is 2.41. The van der Waals surface area contributed by atoms with Gasteiger partial charge in [0, 0.05) is 13.2 Å². The molecule has 3 nitrogen and oxygen atoms in total. The first kappa shape index (κ1) is 17.5. The smallest absolute Gasteiger partial charge is 0.334 e. The summed E-state index contributed by atoms with van der Waals surface area (Å²) in [4.78, 5) is 0. The number of hydrogen-bond donors (Lipinski definition) is 0. The number of ether oxygens (including phenoxy) is 1. The molecule has 21 heavy (non-hydrogen) atoms. The molecule has 0 radical (unpaired) electrons. The van der Waals surface area contributed by atoms with Crippen molar-refractivity contribution in [2.45, 2.75) is 90.0 Å². The van der Waals surface area contributed by atoms with Crippen LogP contribution in [0.15, 0.2) is 0 Å². The predicted molar refractivity (Wildman–Crippen MR) is 88.8 cm³/mol. The first-order valence-electron chi connectivity index (χ1n) is 9.10. The number of rotatable bonds is 11. The van der Waals surface area contributed by atoms with Gasteiger partial charge in [0.25, 0.3) is 0 Å². The number of fused-ring (bicyclic) bond motifs is 1. The Hall–Kier alpha value is 0.0969. The molecule has 2 rings (SSSR count). The second-order valence-electron chi connectivity index (χ2n) is 6.84. The van der Waals surface area contributed by atoms with Crippen LogP contribution in [0.5, 0.6) is 0 Å². The van der Waals surface area contributed by atoms with E-state index in [-0.39, 0.29) is 0 Å². The van der Waals surface area contributed by atoms with Gasteiger partial charge >= 0.3 is 8.56 Å². The van der Waals surface area contributed by atoms with Crippen molar-refractivity contribution in [3.05, 3.63) is 0 Å². The van der Waals surface area contributed by atoms with Crippen molar-refractivity contribution in [1.29, 1.82) is 0 Å². The van der Waals surface area contributed by atoms with Gasteiger partial charge in [-0.3, -0.25) is 0 Å². The van der Waals surface area contributed by atoms with Crippen LogP contribution < -0.4 is 0 Å². The molecule has 2 fully saturated rings. The van der Waals surface area contributed by atoms with Gasteiger partial charge in [-0.15, -0.1) is 0 Å². The van der Waals surface area contributed by atoms with Crippen molar-refractivity contribution in [2.75, 3.05) is 13.2 Å². The fourth-order valence-corrected chi connectivity index (χ4v) is 6.26. The van der Waals surface area contributed by atoms with E-state index in [1.807, 2.05) is 0 Å². The first-order chi connectivity index (χ1) is 10.2. The normalized spacial score (nSPS) is 28.4. The van der Waals surface area contributed by atoms with Gasteiger partial charge in [-0.2, -0.15) is 0 Å². The van der Waals surface area contributed by atoms with E-state index in [2.05, 4.69) is 20.4 Å². The molecule has 1 saturated heterocycles. The Morgan fingerprint density at radius 2 is 1.67 bits per heavy atom. The van der Waals surface area contributed by atoms with Gasteiger partial charge in [0.2, 0.25) is 0 Å². The molecule has 0 aromatic heterocycles. The van der Waals surface area contributed by atoms with Gasteiger partial charge in [0.15, 0.2) is 0 Å². The molecule has 1 aliphatic heterocycles. The van der Waals surface area contributed by atoms with Crippen LogP contribution in [0.3, 0.4) is 0 Å². The third-order valence-corrected chi connectivity index (χ3v) is 8.07. The summed E-state index contributed by atoms with van der Waals surface area (Å²) in [6.45, 7) is 7.93. The van der Waals surface area contributed by atoms with Crippen molar-refractivity contribution < 1.29 is 13.6 Å². The van der Waals surface area contributed by atoms with Crippen LogP contribution in [0.2, 0.25) is 12.6 Å². The molecule has 1 heterocycles. The minimum atomic E-state index is -1.86. The molecule has 0 bridgehead atoms. The Labute approximate surface area is 132 Å². The number of hydrogen-bond acceptors (Lipinski definition) is 3. The second-order valence-corrected chi connectivity index (χ2v) is 10.2. The molecule has 1 saturated carbocycles. The number of epoxide rings is 1. The number of unbranched alkanes of at least 4 members (excludes halogenated alkanes) is 3. The van der Waals surface area contributed by atoms with E-state index in [9.17, 15) is 0 Å². The van der Waals surface area contributed by atoms with Crippen LogP contribution in [-0.2, 0) is 13.6 Å². The lowest BCUT2D eigenvalue weighted by molar-refractivity contribution is 0.188. The third-order valence-electron chi connectivity index (χ3n) is 5.01. The quantitative estimate of drug-likeness (QED) is 0.316. The summed E-state index contributed by atoms with van der Waals surface area (Å²) in [6.07, 6.45) is 12.1. The molecular formula is C17H34O3Si. The largest absolute Gasteiger partial charge is 0.395 e. The van der Waals surface area contributed by atoms with Crippen LogP contribution in [0.1, 0.15) is 65.2 Å². The average molecular weight is 315 g/mol. The maximum Gasteiger partial charge on any atom is 0.334 e. The topological polar surface area (TPSA) is 31.0 Å². The van der Waals surface area contributed by atoms with E-state index in [0.717, 1.165) is 25.2 Å². The molecule has 0 N–H and O–H groups in total. The zero-order valence-corrected chi connectivity index (χ0v) is 15.2. The summed E-state index contributed by atoms with van der Waals surface area (Å²) < 4.78 is 17.4. The maximum atomic E-state index is 5.89. The summed E-state index contributed by atoms with van der Waals surface area (Å²) in [5.74, 6) is 0.945. The molecule has 0 aromatic carbocycles. The summed E-state index contributed by atoms with van der Waals surface area (Å²) in [7, 11) is -1.86. The lowest BCUT2D eigenvalue weighted by atomic mass is 9.85. The Morgan fingerprint density at radius 1 is 0.952 bits per heavy atom. The van der Waals surface area contributed by atoms with Crippen molar-refractivity contribution in [3.8, 4) is 0 Å². The molecule has 0 spiro atoms. The van der Waals surface area contributed by atoms with Crippen LogP contribution in [0, 0.1) is 5.92 Å². The molecule has 1 aliphatic carbocycles. The van der Waals surface area contributed by atoms with Crippen LogP contribution in [0.4, 0.5) is 0 Å². The van der Waals surface area contributed by atoms with Gasteiger partial charge in [0.1, 0.15) is 0 Å². The minimum Gasteiger partial charge on any atom is -0.395 e. The SMILES string of the molecule is CCO[Si](C)(CCCCCCC1CCC2OC2C1)OCC. The zero-order chi connectivity index (χ0) is 15.1. The fraction of sp³-hybridized carbons (Fsp3) is 1.00. The highest BCUT2D eigenvalue weighted by Gasteiger charge is 2.43. The Balaban J connectivity index is 1.48. The standard InChI is InChI=1S/C17H34O3Si/c1-4-18-21(3,19-5-2)13-9-7-6-8-10-15-11-12-16-17(14-15)20-16/h15-17H,4-14H2,1-3H3. The molecule has 3 unspecified atom stereocenters. The highest BCUT2D eigenvalue weighted by molar-refractivity contribution is 6.66. The Kier molecular flexibility index (Phi) is 7.19. The summed E-state index contributed by atoms with van der Waals surface area (Å²) >= 11 is 0. The van der Waals surface area contributed by atoms with Gasteiger partial charge in [-0.05, 0) is 51.6 Å². The minimum absolute atomic E-state index is 0.646. The van der Waals surface area contributed by atoms with Gasteiger partial charge < -0.3 is 13.6 Å². The molecule has 3 atom stereocenters. The van der Waals surface area contributed by atoms with Crippen molar-refractivity contribution >= 4 is 8.56 Å². The fourth-order valence-electron chi connectivity index (χ4n) is 3.78. The summed E-state index contributed by atoms with van der Waals surface area (Å²) in [5.41, 5.74) is 0. The summed E-state index contributed by atoms with van der Waals surface area (Å²) in [6, 6.07) is 1.15. The van der Waals surface area contributed by atoms with Gasteiger partial charge in [-0.1, -0.05) is 32.1 Å². The Morgan fingerprint density at radius 3 is 2.33 bits per heavy atom. The van der Waals surface area contributed by atoms with E-state index in [1.54, 1.807) is 0 Å². The summed E-state index contributed by atoms with van der Waals surface area (Å²) in [5, 5.41) is 0. The Bertz CT molecular complexity index is 292. The van der Waals surface area contributed by atoms with E-state index < -0.39 is 8.56 Å². The molecule has 2 aliphatic rings. The monoisotopic (exact) mass is 314 g/mol. The maximum absolute atomic E-state index is 5.89.